The second-order valence-electron chi connectivity index (χ2n) is 7.90. The summed E-state index contributed by atoms with van der Waals surface area (Å²) in [4.78, 5) is 25.0. The Bertz CT molecular complexity index is 968. The molecule has 3 aliphatic rings. The number of carbonyl (C=O) groups is 2. The van der Waals surface area contributed by atoms with Crippen LogP contribution in [0.1, 0.15) is 23.5 Å². The van der Waals surface area contributed by atoms with E-state index in [0.717, 1.165) is 11.1 Å². The number of carbonyl (C=O) groups excluding carboxylic acids is 1. The van der Waals surface area contributed by atoms with Gasteiger partial charge in [0, 0.05) is 0 Å². The maximum absolute atomic E-state index is 13.1. The molecule has 0 spiro atoms. The Labute approximate surface area is 172 Å². The molecule has 0 saturated heterocycles. The van der Waals surface area contributed by atoms with E-state index in [0.29, 0.717) is 6.42 Å². The van der Waals surface area contributed by atoms with E-state index in [4.69, 9.17) is 4.74 Å². The van der Waals surface area contributed by atoms with Crippen LogP contribution in [-0.4, -0.2) is 40.5 Å². The number of rotatable bonds is 4. The van der Waals surface area contributed by atoms with Crippen molar-refractivity contribution >= 4 is 28.8 Å². The van der Waals surface area contributed by atoms with Gasteiger partial charge in [0.2, 0.25) is 0 Å². The molecule has 1 saturated carbocycles. The van der Waals surface area contributed by atoms with E-state index < -0.39 is 23.3 Å². The van der Waals surface area contributed by atoms with Gasteiger partial charge in [-0.3, -0.25) is 0 Å². The fourth-order valence-corrected chi connectivity index (χ4v) is 6.47. The SMILES string of the molecule is O=C(O)C1C([As])C2C=CC1(C(=O)OCC1c3ccccc3-c3ccccc31)C2. The summed E-state index contributed by atoms with van der Waals surface area (Å²) in [7, 11) is 0. The first kappa shape index (κ1) is 17.8. The van der Waals surface area contributed by atoms with Crippen molar-refractivity contribution < 1.29 is 19.4 Å². The van der Waals surface area contributed by atoms with Gasteiger partial charge in [0.05, 0.1) is 0 Å². The summed E-state index contributed by atoms with van der Waals surface area (Å²) in [6.45, 7) is 0.225. The molecule has 5 rings (SSSR count). The Morgan fingerprint density at radius 2 is 1.68 bits per heavy atom. The molecule has 2 bridgehead atoms. The van der Waals surface area contributed by atoms with E-state index in [1.165, 1.54) is 11.1 Å². The number of carboxylic acid groups (broad SMARTS) is 1. The first-order chi connectivity index (χ1) is 13.5. The van der Waals surface area contributed by atoms with Crippen LogP contribution < -0.4 is 0 Å². The molecule has 1 N–H and O–H groups in total. The molecule has 2 radical (unpaired) electrons. The zero-order chi connectivity index (χ0) is 19.5. The van der Waals surface area contributed by atoms with Crippen molar-refractivity contribution in [3.63, 3.8) is 0 Å². The van der Waals surface area contributed by atoms with Crippen LogP contribution in [0.4, 0.5) is 0 Å². The van der Waals surface area contributed by atoms with Crippen LogP contribution in [0, 0.1) is 17.3 Å². The summed E-state index contributed by atoms with van der Waals surface area (Å²) < 4.78 is 5.70. The van der Waals surface area contributed by atoms with Gasteiger partial charge in [-0.1, -0.05) is 0 Å². The Hall–Kier alpha value is -2.32. The second kappa shape index (κ2) is 6.35. The zero-order valence-electron chi connectivity index (χ0n) is 15.1. The quantitative estimate of drug-likeness (QED) is 0.454. The van der Waals surface area contributed by atoms with Gasteiger partial charge >= 0.3 is 172 Å². The average molecular weight is 434 g/mol. The third-order valence-corrected chi connectivity index (χ3v) is 7.97. The molecule has 0 heterocycles. The molecule has 140 valence electrons. The van der Waals surface area contributed by atoms with Crippen LogP contribution in [0.5, 0.6) is 0 Å². The number of aliphatic carboxylic acids is 1. The van der Waals surface area contributed by atoms with Crippen molar-refractivity contribution in [3.8, 4) is 11.1 Å². The van der Waals surface area contributed by atoms with Crippen LogP contribution in [0.2, 0.25) is 4.71 Å². The zero-order valence-corrected chi connectivity index (χ0v) is 17.0. The summed E-state index contributed by atoms with van der Waals surface area (Å²) in [6.07, 6.45) is 4.28. The van der Waals surface area contributed by atoms with Gasteiger partial charge < -0.3 is 0 Å². The predicted molar refractivity (Wildman–Crippen MR) is 105 cm³/mol. The predicted octanol–water partition coefficient (Wildman–Crippen LogP) is 3.58. The molecule has 2 aromatic rings. The summed E-state index contributed by atoms with van der Waals surface area (Å²) in [6, 6.07) is 16.4. The Morgan fingerprint density at radius 1 is 1.07 bits per heavy atom. The van der Waals surface area contributed by atoms with Crippen molar-refractivity contribution in [2.45, 2.75) is 17.0 Å². The van der Waals surface area contributed by atoms with Crippen LogP contribution in [0.3, 0.4) is 0 Å². The summed E-state index contributed by atoms with van der Waals surface area (Å²) in [5.74, 6) is -1.98. The molecule has 1 fully saturated rings. The molecular weight excluding hydrogens is 415 g/mol. The van der Waals surface area contributed by atoms with E-state index in [1.54, 1.807) is 6.08 Å². The Kier molecular flexibility index (Phi) is 4.03. The number of allylic oxidation sites excluding steroid dienone is 1. The topological polar surface area (TPSA) is 63.6 Å². The van der Waals surface area contributed by atoms with Crippen molar-refractivity contribution in [3.05, 3.63) is 71.8 Å². The number of hydrogen-bond donors (Lipinski definition) is 1. The number of benzene rings is 2. The van der Waals surface area contributed by atoms with E-state index >= 15 is 0 Å². The van der Waals surface area contributed by atoms with E-state index in [2.05, 4.69) is 41.1 Å². The Balaban J connectivity index is 1.42. The van der Waals surface area contributed by atoms with Gasteiger partial charge in [0.15, 0.2) is 0 Å². The number of fused-ring (bicyclic) bond motifs is 5. The maximum atomic E-state index is 13.1. The van der Waals surface area contributed by atoms with Gasteiger partial charge in [-0.15, -0.1) is 0 Å². The van der Waals surface area contributed by atoms with E-state index in [-0.39, 0.29) is 23.1 Å². The average Bonchev–Trinajstić information content (AvgIpc) is 3.35. The van der Waals surface area contributed by atoms with Crippen molar-refractivity contribution in [1.29, 1.82) is 0 Å². The first-order valence-electron chi connectivity index (χ1n) is 9.48. The normalized spacial score (nSPS) is 29.5. The van der Waals surface area contributed by atoms with Crippen molar-refractivity contribution in [2.75, 3.05) is 6.61 Å². The number of hydrogen-bond acceptors (Lipinski definition) is 3. The third-order valence-electron chi connectivity index (χ3n) is 6.54. The molecule has 4 atom stereocenters. The molecule has 4 nitrogen and oxygen atoms in total. The van der Waals surface area contributed by atoms with Crippen molar-refractivity contribution in [2.24, 2.45) is 17.3 Å². The standard InChI is InChI=1S/C23H19AsO4/c24-20-13-9-10-23(11-13,19(20)21(25)26)22(27)28-12-18-16-7-3-1-5-14(16)15-6-2-4-8-17(15)18/h1-10,13,18-20H,11-12H2,(H,25,26). The van der Waals surface area contributed by atoms with Crippen LogP contribution >= 0.6 is 0 Å². The number of esters is 1. The van der Waals surface area contributed by atoms with Crippen LogP contribution in [-0.2, 0) is 14.3 Å². The minimum atomic E-state index is -1.04. The van der Waals surface area contributed by atoms with E-state index in [1.807, 2.05) is 30.3 Å². The fourth-order valence-electron chi connectivity index (χ4n) is 5.22. The molecule has 3 aliphatic carbocycles. The van der Waals surface area contributed by atoms with Gasteiger partial charge in [0.25, 0.3) is 0 Å². The molecule has 0 aromatic heterocycles. The minimum absolute atomic E-state index is 0.0215. The molecule has 4 unspecified atom stereocenters. The monoisotopic (exact) mass is 434 g/mol. The molecule has 28 heavy (non-hydrogen) atoms. The molecule has 0 amide bonds. The Morgan fingerprint density at radius 3 is 2.29 bits per heavy atom. The molecule has 5 heteroatoms. The van der Waals surface area contributed by atoms with Gasteiger partial charge in [-0.25, -0.2) is 0 Å². The summed E-state index contributed by atoms with van der Waals surface area (Å²) in [5, 5.41) is 9.71. The number of ether oxygens (including phenoxy) is 1. The van der Waals surface area contributed by atoms with Crippen LogP contribution in [0.15, 0.2) is 60.7 Å². The van der Waals surface area contributed by atoms with Crippen molar-refractivity contribution in [1.82, 2.24) is 0 Å². The number of carboxylic acids is 1. The summed E-state index contributed by atoms with van der Waals surface area (Å²) >= 11 is 2.44. The summed E-state index contributed by atoms with van der Waals surface area (Å²) in [5.41, 5.74) is 3.62. The van der Waals surface area contributed by atoms with Gasteiger partial charge in [-0.05, 0) is 0 Å². The fraction of sp³-hybridized carbons (Fsp3) is 0.304. The molecule has 0 aliphatic heterocycles. The molecular formula is C23H19AsO4. The van der Waals surface area contributed by atoms with Crippen LogP contribution in [0.25, 0.3) is 11.1 Å². The van der Waals surface area contributed by atoms with Gasteiger partial charge in [0.1, 0.15) is 0 Å². The van der Waals surface area contributed by atoms with E-state index in [9.17, 15) is 14.7 Å². The third kappa shape index (κ3) is 2.37. The van der Waals surface area contributed by atoms with Gasteiger partial charge in [-0.2, -0.15) is 0 Å². The second-order valence-corrected chi connectivity index (χ2v) is 9.15. The first-order valence-corrected chi connectivity index (χ1v) is 10.6. The molecule has 2 aromatic carbocycles.